The first-order valence-corrected chi connectivity index (χ1v) is 8.04. The Bertz CT molecular complexity index is 289. The monoisotopic (exact) mass is 217 g/mol. The summed E-state index contributed by atoms with van der Waals surface area (Å²) >= 11 is 11.9. The summed E-state index contributed by atoms with van der Waals surface area (Å²) in [5, 5.41) is 2.42. The highest BCUT2D eigenvalue weighted by molar-refractivity contribution is 6.90. The molecule has 0 fully saturated rings. The SMILES string of the molecule is C[Si](C)(C)c1cc[c]c(Cl)c1Cl. The Hall–Kier alpha value is 0.0169. The number of hydrogen-bond acceptors (Lipinski definition) is 0. The second-order valence-corrected chi connectivity index (χ2v) is 9.56. The normalized spacial score (nSPS) is 11.8. The van der Waals surface area contributed by atoms with Gasteiger partial charge in [-0.05, 0) is 5.19 Å². The van der Waals surface area contributed by atoms with E-state index in [9.17, 15) is 0 Å². The van der Waals surface area contributed by atoms with Crippen LogP contribution in [-0.4, -0.2) is 8.07 Å². The van der Waals surface area contributed by atoms with Crippen LogP contribution in [0.25, 0.3) is 0 Å². The Morgan fingerprint density at radius 2 is 1.83 bits per heavy atom. The van der Waals surface area contributed by atoms with Crippen molar-refractivity contribution in [2.24, 2.45) is 0 Å². The summed E-state index contributed by atoms with van der Waals surface area (Å²) in [6.45, 7) is 6.72. The smallest absolute Gasteiger partial charge is 0.0796 e. The summed E-state index contributed by atoms with van der Waals surface area (Å²) in [5.41, 5.74) is 0. The van der Waals surface area contributed by atoms with Gasteiger partial charge in [-0.15, -0.1) is 0 Å². The third-order valence-corrected chi connectivity index (χ3v) is 4.68. The van der Waals surface area contributed by atoms with Crippen LogP contribution in [0.15, 0.2) is 12.1 Å². The number of halogens is 2. The van der Waals surface area contributed by atoms with E-state index >= 15 is 0 Å². The van der Waals surface area contributed by atoms with Crippen LogP contribution in [0.1, 0.15) is 0 Å². The van der Waals surface area contributed by atoms with Gasteiger partial charge in [0.05, 0.1) is 18.1 Å². The molecule has 0 amide bonds. The fourth-order valence-corrected chi connectivity index (χ4v) is 3.61. The molecule has 65 valence electrons. The van der Waals surface area contributed by atoms with E-state index in [1.54, 1.807) is 0 Å². The van der Waals surface area contributed by atoms with Gasteiger partial charge in [-0.25, -0.2) is 0 Å². The third kappa shape index (κ3) is 2.03. The summed E-state index contributed by atoms with van der Waals surface area (Å²) in [6.07, 6.45) is 0. The van der Waals surface area contributed by atoms with Crippen LogP contribution in [-0.2, 0) is 0 Å². The highest BCUT2D eigenvalue weighted by Crippen LogP contribution is 2.21. The fraction of sp³-hybridized carbons (Fsp3) is 0.333. The van der Waals surface area contributed by atoms with Crippen molar-refractivity contribution < 1.29 is 0 Å². The standard InChI is InChI=1S/C9H11Cl2Si/c1-12(2,3)8-6-4-5-7(10)9(8)11/h4,6H,1-3H3. The Labute approximate surface area is 84.5 Å². The minimum absolute atomic E-state index is 0.539. The van der Waals surface area contributed by atoms with Gasteiger partial charge in [0.15, 0.2) is 0 Å². The first-order valence-electron chi connectivity index (χ1n) is 3.79. The Morgan fingerprint density at radius 3 is 2.25 bits per heavy atom. The van der Waals surface area contributed by atoms with Crippen molar-refractivity contribution in [3.05, 3.63) is 28.2 Å². The first kappa shape index (κ1) is 10.1. The van der Waals surface area contributed by atoms with E-state index in [0.29, 0.717) is 10.0 Å². The molecule has 0 spiro atoms. The molecule has 1 aromatic carbocycles. The lowest BCUT2D eigenvalue weighted by atomic mass is 10.4. The van der Waals surface area contributed by atoms with Crippen molar-refractivity contribution in [1.29, 1.82) is 0 Å². The zero-order chi connectivity index (χ0) is 9.35. The van der Waals surface area contributed by atoms with Gasteiger partial charge in [0.1, 0.15) is 0 Å². The molecule has 0 nitrogen and oxygen atoms in total. The van der Waals surface area contributed by atoms with Gasteiger partial charge >= 0.3 is 0 Å². The van der Waals surface area contributed by atoms with Crippen molar-refractivity contribution in [3.8, 4) is 0 Å². The lowest BCUT2D eigenvalue weighted by molar-refractivity contribution is 1.66. The molecule has 1 rings (SSSR count). The molecule has 3 heteroatoms. The van der Waals surface area contributed by atoms with Gasteiger partial charge in [0.25, 0.3) is 0 Å². The molecule has 0 atom stereocenters. The van der Waals surface area contributed by atoms with Gasteiger partial charge in [-0.2, -0.15) is 0 Å². The predicted molar refractivity (Wildman–Crippen MR) is 58.3 cm³/mol. The van der Waals surface area contributed by atoms with Crippen molar-refractivity contribution >= 4 is 36.5 Å². The second kappa shape index (κ2) is 3.41. The molecular weight excluding hydrogens is 207 g/mol. The van der Waals surface area contributed by atoms with E-state index in [4.69, 9.17) is 23.2 Å². The molecule has 0 aromatic heterocycles. The summed E-state index contributed by atoms with van der Waals surface area (Å²) in [7, 11) is -1.35. The molecule has 0 N–H and O–H groups in total. The predicted octanol–water partition coefficient (Wildman–Crippen LogP) is 3.34. The molecule has 0 bridgehead atoms. The van der Waals surface area contributed by atoms with Crippen molar-refractivity contribution in [2.45, 2.75) is 19.6 Å². The van der Waals surface area contributed by atoms with Crippen LogP contribution in [0.4, 0.5) is 0 Å². The highest BCUT2D eigenvalue weighted by atomic mass is 35.5. The van der Waals surface area contributed by atoms with E-state index in [0.717, 1.165) is 0 Å². The molecule has 1 aromatic rings. The van der Waals surface area contributed by atoms with E-state index in [1.165, 1.54) is 5.19 Å². The van der Waals surface area contributed by atoms with Crippen LogP contribution in [0.2, 0.25) is 29.7 Å². The number of hydrogen-bond donors (Lipinski definition) is 0. The van der Waals surface area contributed by atoms with Crippen LogP contribution < -0.4 is 5.19 Å². The topological polar surface area (TPSA) is 0 Å². The zero-order valence-corrected chi connectivity index (χ0v) is 9.92. The molecule has 0 saturated heterocycles. The Morgan fingerprint density at radius 1 is 1.25 bits per heavy atom. The van der Waals surface area contributed by atoms with Crippen LogP contribution in [0.5, 0.6) is 0 Å². The average molecular weight is 218 g/mol. The third-order valence-electron chi connectivity index (χ3n) is 1.70. The minimum atomic E-state index is -1.35. The van der Waals surface area contributed by atoms with Gasteiger partial charge in [-0.3, -0.25) is 0 Å². The largest absolute Gasteiger partial charge is 0.0828 e. The summed E-state index contributed by atoms with van der Waals surface area (Å²) in [6, 6.07) is 6.72. The quantitative estimate of drug-likeness (QED) is 0.634. The van der Waals surface area contributed by atoms with Gasteiger partial charge in [0.2, 0.25) is 0 Å². The lowest BCUT2D eigenvalue weighted by Crippen LogP contribution is -2.38. The second-order valence-electron chi connectivity index (χ2n) is 3.77. The van der Waals surface area contributed by atoms with Crippen molar-refractivity contribution in [3.63, 3.8) is 0 Å². The van der Waals surface area contributed by atoms with Gasteiger partial charge in [0, 0.05) is 6.07 Å². The van der Waals surface area contributed by atoms with Gasteiger partial charge < -0.3 is 0 Å². The maximum absolute atomic E-state index is 6.05. The molecule has 1 radical (unpaired) electrons. The molecule has 12 heavy (non-hydrogen) atoms. The Balaban J connectivity index is 3.26. The van der Waals surface area contributed by atoms with E-state index in [-0.39, 0.29) is 0 Å². The van der Waals surface area contributed by atoms with Gasteiger partial charge in [-0.1, -0.05) is 55.0 Å². The molecular formula is C9H11Cl2Si. The minimum Gasteiger partial charge on any atom is -0.0828 e. The average Bonchev–Trinajstić information content (AvgIpc) is 1.92. The number of rotatable bonds is 1. The molecule has 0 saturated carbocycles. The maximum Gasteiger partial charge on any atom is 0.0796 e. The maximum atomic E-state index is 6.05. The summed E-state index contributed by atoms with van der Waals surface area (Å²) < 4.78 is 0. The van der Waals surface area contributed by atoms with Crippen LogP contribution in [0, 0.1) is 6.07 Å². The summed E-state index contributed by atoms with van der Waals surface area (Å²) in [5.74, 6) is 0. The molecule has 0 heterocycles. The molecule has 0 aliphatic rings. The highest BCUT2D eigenvalue weighted by Gasteiger charge is 2.20. The number of benzene rings is 1. The van der Waals surface area contributed by atoms with Crippen LogP contribution in [0.3, 0.4) is 0 Å². The first-order chi connectivity index (χ1) is 5.43. The molecule has 0 aliphatic carbocycles. The summed E-state index contributed by atoms with van der Waals surface area (Å²) in [4.78, 5) is 0. The van der Waals surface area contributed by atoms with Crippen LogP contribution >= 0.6 is 23.2 Å². The van der Waals surface area contributed by atoms with E-state index in [1.807, 2.05) is 12.1 Å². The lowest BCUT2D eigenvalue weighted by Gasteiger charge is -2.18. The van der Waals surface area contributed by atoms with E-state index in [2.05, 4.69) is 25.7 Å². The molecule has 0 unspecified atom stereocenters. The van der Waals surface area contributed by atoms with Crippen molar-refractivity contribution in [2.75, 3.05) is 0 Å². The Kier molecular flexibility index (Phi) is 2.87. The fourth-order valence-electron chi connectivity index (χ4n) is 1.03. The van der Waals surface area contributed by atoms with Crippen molar-refractivity contribution in [1.82, 2.24) is 0 Å². The zero-order valence-electron chi connectivity index (χ0n) is 7.41. The molecule has 0 aliphatic heterocycles. The van der Waals surface area contributed by atoms with E-state index < -0.39 is 8.07 Å².